The molecule has 1 aliphatic heterocycles. The van der Waals surface area contributed by atoms with Crippen molar-refractivity contribution >= 4 is 39.4 Å². The minimum Gasteiger partial charge on any atom is -0.312 e. The Labute approximate surface area is 150 Å². The van der Waals surface area contributed by atoms with Gasteiger partial charge < -0.3 is 4.90 Å². The Hall–Kier alpha value is -2.75. The van der Waals surface area contributed by atoms with E-state index < -0.39 is 11.5 Å². The lowest BCUT2D eigenvalue weighted by Gasteiger charge is -2.17. The average molecular weight is 407 g/mol. The summed E-state index contributed by atoms with van der Waals surface area (Å²) in [4.78, 5) is 39.9. The van der Waals surface area contributed by atoms with Crippen molar-refractivity contribution in [3.8, 4) is 0 Å². The minimum absolute atomic E-state index is 0.0260. The number of rotatable bonds is 4. The summed E-state index contributed by atoms with van der Waals surface area (Å²) in [5.74, 6) is -0.964. The first-order valence-corrected chi connectivity index (χ1v) is 8.29. The molecule has 1 saturated heterocycles. The molecule has 9 nitrogen and oxygen atoms in total. The van der Waals surface area contributed by atoms with Gasteiger partial charge in [0.25, 0.3) is 5.56 Å². The van der Waals surface area contributed by atoms with Crippen LogP contribution in [-0.2, 0) is 9.59 Å². The van der Waals surface area contributed by atoms with E-state index in [-0.39, 0.29) is 36.4 Å². The van der Waals surface area contributed by atoms with Gasteiger partial charge in [-0.15, -0.1) is 10.2 Å². The Kier molecular flexibility index (Phi) is 4.79. The number of nitrogens with one attached hydrogen (secondary N) is 3. The van der Waals surface area contributed by atoms with E-state index in [4.69, 9.17) is 0 Å². The molecule has 130 valence electrons. The zero-order chi connectivity index (χ0) is 18.0. The molecule has 1 fully saturated rings. The normalized spacial score (nSPS) is 16.8. The van der Waals surface area contributed by atoms with Crippen LogP contribution >= 0.6 is 15.9 Å². The molecule has 1 aliphatic rings. The summed E-state index contributed by atoms with van der Waals surface area (Å²) in [6, 6.07) is 7.30. The summed E-state index contributed by atoms with van der Waals surface area (Å²) in [5, 5.41) is 7.36. The number of aryl methyl sites for hydroxylation is 1. The third kappa shape index (κ3) is 3.85. The molecule has 1 aromatic heterocycles. The van der Waals surface area contributed by atoms with Crippen LogP contribution in [-0.4, -0.2) is 33.5 Å². The maximum Gasteiger partial charge on any atom is 0.274 e. The zero-order valence-electron chi connectivity index (χ0n) is 13.2. The Bertz CT molecular complexity index is 866. The van der Waals surface area contributed by atoms with Crippen LogP contribution in [0.5, 0.6) is 0 Å². The van der Waals surface area contributed by atoms with Gasteiger partial charge in [-0.05, 0) is 31.2 Å². The maximum absolute atomic E-state index is 12.2. The van der Waals surface area contributed by atoms with Crippen molar-refractivity contribution in [1.29, 1.82) is 0 Å². The molecule has 3 N–H and O–H groups in total. The fourth-order valence-electron chi connectivity index (χ4n) is 2.43. The van der Waals surface area contributed by atoms with E-state index in [1.54, 1.807) is 4.90 Å². The van der Waals surface area contributed by atoms with E-state index in [1.165, 1.54) is 6.92 Å². The topological polar surface area (TPSA) is 120 Å². The fourth-order valence-corrected chi connectivity index (χ4v) is 2.69. The lowest BCUT2D eigenvalue weighted by molar-refractivity contribution is -0.125. The molecule has 1 aromatic carbocycles. The van der Waals surface area contributed by atoms with Crippen LogP contribution in [0.25, 0.3) is 0 Å². The van der Waals surface area contributed by atoms with Gasteiger partial charge in [0.1, 0.15) is 5.69 Å². The van der Waals surface area contributed by atoms with E-state index in [1.807, 2.05) is 24.3 Å². The molecule has 0 radical (unpaired) electrons. The Morgan fingerprint density at radius 1 is 1.28 bits per heavy atom. The molecule has 2 amide bonds. The molecule has 2 aromatic rings. The Morgan fingerprint density at radius 3 is 2.68 bits per heavy atom. The number of anilines is 2. The van der Waals surface area contributed by atoms with Crippen molar-refractivity contribution in [2.45, 2.75) is 13.3 Å². The van der Waals surface area contributed by atoms with Gasteiger partial charge in [0, 0.05) is 23.1 Å². The van der Waals surface area contributed by atoms with Gasteiger partial charge in [0.2, 0.25) is 17.8 Å². The summed E-state index contributed by atoms with van der Waals surface area (Å²) in [7, 11) is 0. The van der Waals surface area contributed by atoms with Gasteiger partial charge in [0.15, 0.2) is 0 Å². The quantitative estimate of drug-likeness (QED) is 0.643. The van der Waals surface area contributed by atoms with Crippen molar-refractivity contribution in [3.05, 3.63) is 44.8 Å². The number of benzene rings is 1. The van der Waals surface area contributed by atoms with E-state index in [9.17, 15) is 14.4 Å². The number of nitrogens with zero attached hydrogens (tertiary/aromatic N) is 3. The summed E-state index contributed by atoms with van der Waals surface area (Å²) in [6.45, 7) is 1.80. The molecule has 3 rings (SSSR count). The van der Waals surface area contributed by atoms with Gasteiger partial charge in [-0.25, -0.2) is 0 Å². The molecule has 0 spiro atoms. The highest BCUT2D eigenvalue weighted by Gasteiger charge is 2.35. The Balaban J connectivity index is 1.61. The molecule has 0 aliphatic carbocycles. The summed E-state index contributed by atoms with van der Waals surface area (Å²) >= 11 is 3.34. The molecular formula is C15H15BrN6O3. The molecule has 2 heterocycles. The highest BCUT2D eigenvalue weighted by molar-refractivity contribution is 9.10. The number of hydrogen-bond donors (Lipinski definition) is 3. The van der Waals surface area contributed by atoms with Crippen LogP contribution < -0.4 is 21.3 Å². The second-order valence-electron chi connectivity index (χ2n) is 5.58. The number of H-pyrrole nitrogens is 1. The highest BCUT2D eigenvalue weighted by Crippen LogP contribution is 2.26. The van der Waals surface area contributed by atoms with Crippen LogP contribution in [0.2, 0.25) is 0 Å². The lowest BCUT2D eigenvalue weighted by atomic mass is 10.1. The predicted molar refractivity (Wildman–Crippen MR) is 93.8 cm³/mol. The number of hydrazine groups is 1. The number of hydrogen-bond acceptors (Lipinski definition) is 6. The standard InChI is InChI=1S/C15H15BrN6O3/c1-8-13(24)17-15(20-18-8)21-19-14(25)9-6-12(23)22(7-9)11-4-2-10(16)3-5-11/h2-5,9H,6-7H2,1H3,(H,19,25)(H2,17,20,21,24)/t9-/m0/s1. The molecule has 10 heteroatoms. The second kappa shape index (κ2) is 7.01. The molecule has 0 bridgehead atoms. The number of aromatic amines is 1. The molecule has 0 unspecified atom stereocenters. The predicted octanol–water partition coefficient (Wildman–Crippen LogP) is 0.732. The first-order valence-electron chi connectivity index (χ1n) is 7.49. The monoisotopic (exact) mass is 406 g/mol. The number of carbonyl (C=O) groups is 2. The maximum atomic E-state index is 12.2. The van der Waals surface area contributed by atoms with E-state index in [2.05, 4.69) is 42.0 Å². The average Bonchev–Trinajstić information content (AvgIpc) is 2.98. The fraction of sp³-hybridized carbons (Fsp3) is 0.267. The third-order valence-electron chi connectivity index (χ3n) is 3.80. The number of halogens is 1. The van der Waals surface area contributed by atoms with Crippen LogP contribution in [0.4, 0.5) is 11.6 Å². The van der Waals surface area contributed by atoms with Crippen molar-refractivity contribution in [1.82, 2.24) is 20.6 Å². The minimum atomic E-state index is -0.506. The smallest absolute Gasteiger partial charge is 0.274 e. The first-order chi connectivity index (χ1) is 11.9. The summed E-state index contributed by atoms with van der Waals surface area (Å²) in [5.41, 5.74) is 5.51. The SMILES string of the molecule is Cc1nnc(NNC(=O)[C@H]2CC(=O)N(c3ccc(Br)cc3)C2)[nH]c1=O. The Morgan fingerprint density at radius 2 is 2.00 bits per heavy atom. The second-order valence-corrected chi connectivity index (χ2v) is 6.50. The lowest BCUT2D eigenvalue weighted by Crippen LogP contribution is -2.37. The molecular weight excluding hydrogens is 392 g/mol. The van der Waals surface area contributed by atoms with E-state index >= 15 is 0 Å². The highest BCUT2D eigenvalue weighted by atomic mass is 79.9. The van der Waals surface area contributed by atoms with E-state index in [0.717, 1.165) is 10.2 Å². The van der Waals surface area contributed by atoms with Gasteiger partial charge in [0.05, 0.1) is 5.92 Å². The summed E-state index contributed by atoms with van der Waals surface area (Å²) in [6.07, 6.45) is 0.111. The van der Waals surface area contributed by atoms with Crippen LogP contribution in [0, 0.1) is 12.8 Å². The van der Waals surface area contributed by atoms with Gasteiger partial charge in [-0.3, -0.25) is 30.2 Å². The third-order valence-corrected chi connectivity index (χ3v) is 4.33. The van der Waals surface area contributed by atoms with Crippen molar-refractivity contribution < 1.29 is 9.59 Å². The van der Waals surface area contributed by atoms with Gasteiger partial charge in [-0.1, -0.05) is 15.9 Å². The van der Waals surface area contributed by atoms with Crippen LogP contribution in [0.3, 0.4) is 0 Å². The van der Waals surface area contributed by atoms with Gasteiger partial charge >= 0.3 is 0 Å². The number of amides is 2. The zero-order valence-corrected chi connectivity index (χ0v) is 14.8. The van der Waals surface area contributed by atoms with Crippen molar-refractivity contribution in [2.75, 3.05) is 16.9 Å². The van der Waals surface area contributed by atoms with Gasteiger partial charge in [-0.2, -0.15) is 0 Å². The first kappa shape index (κ1) is 17.1. The van der Waals surface area contributed by atoms with E-state index in [0.29, 0.717) is 0 Å². The number of carbonyl (C=O) groups excluding carboxylic acids is 2. The summed E-state index contributed by atoms with van der Waals surface area (Å²) < 4.78 is 0.912. The van der Waals surface area contributed by atoms with Crippen molar-refractivity contribution in [3.63, 3.8) is 0 Å². The molecule has 1 atom stereocenters. The largest absolute Gasteiger partial charge is 0.312 e. The molecule has 25 heavy (non-hydrogen) atoms. The molecule has 0 saturated carbocycles. The van der Waals surface area contributed by atoms with Crippen LogP contribution in [0.1, 0.15) is 12.1 Å². The number of aromatic nitrogens is 3. The van der Waals surface area contributed by atoms with Crippen LogP contribution in [0.15, 0.2) is 33.5 Å². The van der Waals surface area contributed by atoms with Crippen molar-refractivity contribution in [2.24, 2.45) is 5.92 Å².